The number of nitro groups is 1. The topological polar surface area (TPSA) is 133 Å². The number of nitrogens with two attached hydrogens (primary N) is 2. The first-order valence-electron chi connectivity index (χ1n) is 9.22. The van der Waals surface area contributed by atoms with Gasteiger partial charge in [-0.2, -0.15) is 0 Å². The van der Waals surface area contributed by atoms with Gasteiger partial charge >= 0.3 is 5.82 Å². The van der Waals surface area contributed by atoms with Crippen LogP contribution in [-0.4, -0.2) is 31.8 Å². The van der Waals surface area contributed by atoms with Gasteiger partial charge in [0.2, 0.25) is 0 Å². The van der Waals surface area contributed by atoms with E-state index in [0.717, 1.165) is 0 Å². The van der Waals surface area contributed by atoms with Crippen molar-refractivity contribution >= 4 is 17.3 Å². The zero-order valence-electron chi connectivity index (χ0n) is 16.4. The number of nitrogens with zero attached hydrogens (tertiary/aromatic N) is 4. The summed E-state index contributed by atoms with van der Waals surface area (Å²) in [6.07, 6.45) is 2.77. The summed E-state index contributed by atoms with van der Waals surface area (Å²) < 4.78 is 1.48. The van der Waals surface area contributed by atoms with E-state index in [0.29, 0.717) is 34.8 Å². The summed E-state index contributed by atoms with van der Waals surface area (Å²) in [5, 5.41) is 12.4. The highest BCUT2D eigenvalue weighted by Crippen LogP contribution is 2.16. The number of imidazole rings is 1. The van der Waals surface area contributed by atoms with E-state index in [1.807, 2.05) is 18.2 Å². The van der Waals surface area contributed by atoms with Gasteiger partial charge in [0.15, 0.2) is 11.6 Å². The zero-order valence-corrected chi connectivity index (χ0v) is 16.4. The third-order valence-corrected chi connectivity index (χ3v) is 4.62. The molecule has 0 fully saturated rings. The minimum atomic E-state index is -0.483. The molecule has 0 bridgehead atoms. The highest BCUT2D eigenvalue weighted by Gasteiger charge is 2.17. The normalized spacial score (nSPS) is 11.3. The van der Waals surface area contributed by atoms with Crippen molar-refractivity contribution in [1.29, 1.82) is 0 Å². The van der Waals surface area contributed by atoms with Crippen LogP contribution in [0.1, 0.15) is 27.3 Å². The smallest absolute Gasteiger partial charge is 0.342 e. The SMILES string of the molecule is Cc1ncc([N+](=O)[O-])n1CCN(N)/C=C(\N)c1ccc(C(=O)c2ccccc2)cc1. The molecule has 154 valence electrons. The Morgan fingerprint density at radius 1 is 1.13 bits per heavy atom. The molecule has 0 saturated heterocycles. The summed E-state index contributed by atoms with van der Waals surface area (Å²) in [5.41, 5.74) is 8.41. The Morgan fingerprint density at radius 3 is 2.37 bits per heavy atom. The van der Waals surface area contributed by atoms with Crippen LogP contribution in [0.5, 0.6) is 0 Å². The fraction of sp³-hybridized carbons (Fsp3) is 0.143. The number of ketones is 1. The van der Waals surface area contributed by atoms with Gasteiger partial charge in [-0.3, -0.25) is 4.79 Å². The van der Waals surface area contributed by atoms with Crippen molar-refractivity contribution in [2.24, 2.45) is 11.6 Å². The third-order valence-electron chi connectivity index (χ3n) is 4.62. The maximum atomic E-state index is 12.5. The molecule has 0 aliphatic carbocycles. The molecule has 9 heteroatoms. The van der Waals surface area contributed by atoms with Crippen molar-refractivity contribution in [3.63, 3.8) is 0 Å². The second-order valence-corrected chi connectivity index (χ2v) is 6.67. The van der Waals surface area contributed by atoms with Gasteiger partial charge in [0.25, 0.3) is 0 Å². The molecule has 0 amide bonds. The van der Waals surface area contributed by atoms with Crippen LogP contribution in [0.4, 0.5) is 5.82 Å². The van der Waals surface area contributed by atoms with E-state index in [4.69, 9.17) is 11.6 Å². The van der Waals surface area contributed by atoms with Crippen molar-refractivity contribution in [3.8, 4) is 0 Å². The Hall–Kier alpha value is -3.98. The number of hydrogen-bond acceptors (Lipinski definition) is 7. The third kappa shape index (κ3) is 4.70. The number of carbonyl (C=O) groups is 1. The summed E-state index contributed by atoms with van der Waals surface area (Å²) in [6.45, 7) is 2.27. The summed E-state index contributed by atoms with van der Waals surface area (Å²) in [6, 6.07) is 16.0. The molecule has 0 saturated carbocycles. The van der Waals surface area contributed by atoms with Gasteiger partial charge in [-0.15, -0.1) is 0 Å². The average molecular weight is 406 g/mol. The van der Waals surface area contributed by atoms with E-state index in [-0.39, 0.29) is 18.1 Å². The van der Waals surface area contributed by atoms with Gasteiger partial charge < -0.3 is 20.9 Å². The molecule has 0 radical (unpaired) electrons. The number of aryl methyl sites for hydroxylation is 1. The van der Waals surface area contributed by atoms with Crippen molar-refractivity contribution in [1.82, 2.24) is 14.6 Å². The summed E-state index contributed by atoms with van der Waals surface area (Å²) in [4.78, 5) is 27.0. The molecule has 0 spiro atoms. The van der Waals surface area contributed by atoms with Crippen LogP contribution in [0.2, 0.25) is 0 Å². The first-order valence-corrected chi connectivity index (χ1v) is 9.22. The Bertz CT molecular complexity index is 1070. The maximum Gasteiger partial charge on any atom is 0.342 e. The monoisotopic (exact) mass is 406 g/mol. The second-order valence-electron chi connectivity index (χ2n) is 6.67. The first kappa shape index (κ1) is 20.7. The van der Waals surface area contributed by atoms with E-state index in [2.05, 4.69) is 4.98 Å². The molecule has 0 unspecified atom stereocenters. The lowest BCUT2D eigenvalue weighted by atomic mass is 10.0. The molecule has 0 aliphatic rings. The molecule has 3 rings (SSSR count). The fourth-order valence-electron chi connectivity index (χ4n) is 2.98. The largest absolute Gasteiger partial charge is 0.397 e. The molecule has 1 heterocycles. The Kier molecular flexibility index (Phi) is 6.23. The Morgan fingerprint density at radius 2 is 1.73 bits per heavy atom. The zero-order chi connectivity index (χ0) is 21.7. The van der Waals surface area contributed by atoms with Crippen molar-refractivity contribution in [2.45, 2.75) is 13.5 Å². The lowest BCUT2D eigenvalue weighted by Crippen LogP contribution is -2.30. The maximum absolute atomic E-state index is 12.5. The minimum Gasteiger partial charge on any atom is -0.397 e. The minimum absolute atomic E-state index is 0.0672. The molecule has 2 aromatic carbocycles. The highest BCUT2D eigenvalue weighted by molar-refractivity contribution is 6.09. The van der Waals surface area contributed by atoms with Gasteiger partial charge in [-0.25, -0.2) is 15.4 Å². The van der Waals surface area contributed by atoms with Crippen molar-refractivity contribution in [2.75, 3.05) is 6.54 Å². The second kappa shape index (κ2) is 9.01. The van der Waals surface area contributed by atoms with Crippen LogP contribution in [0.3, 0.4) is 0 Å². The number of carbonyl (C=O) groups excluding carboxylic acids is 1. The predicted molar refractivity (Wildman–Crippen MR) is 113 cm³/mol. The van der Waals surface area contributed by atoms with E-state index in [1.54, 1.807) is 49.5 Å². The molecule has 1 aromatic heterocycles. The molecule has 0 atom stereocenters. The Labute approximate surface area is 173 Å². The number of benzene rings is 2. The summed E-state index contributed by atoms with van der Waals surface area (Å²) in [7, 11) is 0. The van der Waals surface area contributed by atoms with Crippen LogP contribution >= 0.6 is 0 Å². The number of aromatic nitrogens is 2. The van der Waals surface area contributed by atoms with Gasteiger partial charge in [-0.1, -0.05) is 54.6 Å². The van der Waals surface area contributed by atoms with Crippen LogP contribution in [0.15, 0.2) is 67.0 Å². The van der Waals surface area contributed by atoms with Crippen LogP contribution in [0, 0.1) is 17.0 Å². The average Bonchev–Trinajstić information content (AvgIpc) is 3.13. The lowest BCUT2D eigenvalue weighted by molar-refractivity contribution is -0.392. The molecular formula is C21H22N6O3. The van der Waals surface area contributed by atoms with E-state index in [1.165, 1.54) is 15.8 Å². The van der Waals surface area contributed by atoms with Crippen molar-refractivity contribution < 1.29 is 9.72 Å². The standard InChI is InChI=1S/C21H22N6O3/c1-15-24-13-20(27(29)30)26(15)12-11-25(23)14-19(22)16-7-9-18(10-8-16)21(28)17-5-3-2-4-6-17/h2-10,13-14H,11-12,22-23H2,1H3/b19-14-. The van der Waals surface area contributed by atoms with Crippen LogP contribution in [0.25, 0.3) is 5.70 Å². The van der Waals surface area contributed by atoms with Gasteiger partial charge in [0.05, 0.1) is 12.2 Å². The molecule has 30 heavy (non-hydrogen) atoms. The van der Waals surface area contributed by atoms with Gasteiger partial charge in [0, 0.05) is 24.3 Å². The molecular weight excluding hydrogens is 384 g/mol. The molecule has 3 aromatic rings. The molecule has 9 nitrogen and oxygen atoms in total. The highest BCUT2D eigenvalue weighted by atomic mass is 16.6. The fourth-order valence-corrected chi connectivity index (χ4v) is 2.98. The lowest BCUT2D eigenvalue weighted by Gasteiger charge is -2.15. The van der Waals surface area contributed by atoms with Crippen LogP contribution < -0.4 is 11.6 Å². The van der Waals surface area contributed by atoms with E-state index in [9.17, 15) is 14.9 Å². The molecule has 0 aliphatic heterocycles. The van der Waals surface area contributed by atoms with Gasteiger partial charge in [0.1, 0.15) is 12.7 Å². The number of hydrazine groups is 1. The quantitative estimate of drug-likeness (QED) is 0.254. The van der Waals surface area contributed by atoms with Crippen molar-refractivity contribution in [3.05, 3.63) is 99.6 Å². The predicted octanol–water partition coefficient (Wildman–Crippen LogP) is 2.46. The number of rotatable bonds is 8. The summed E-state index contributed by atoms with van der Waals surface area (Å²) in [5.74, 6) is 6.36. The van der Waals surface area contributed by atoms with E-state index < -0.39 is 4.92 Å². The summed E-state index contributed by atoms with van der Waals surface area (Å²) >= 11 is 0. The number of hydrogen-bond donors (Lipinski definition) is 2. The van der Waals surface area contributed by atoms with Gasteiger partial charge in [-0.05, 0) is 10.5 Å². The van der Waals surface area contributed by atoms with E-state index >= 15 is 0 Å². The molecule has 4 N–H and O–H groups in total. The Balaban J connectivity index is 1.66. The first-order chi connectivity index (χ1) is 14.4. The van der Waals surface area contributed by atoms with Crippen LogP contribution in [-0.2, 0) is 6.54 Å².